The van der Waals surface area contributed by atoms with Gasteiger partial charge >= 0.3 is 5.97 Å². The fourth-order valence-corrected chi connectivity index (χ4v) is 1.42. The maximum absolute atomic E-state index is 11.5. The Morgan fingerprint density at radius 2 is 2.06 bits per heavy atom. The van der Waals surface area contributed by atoms with Crippen LogP contribution in [-0.2, 0) is 20.7 Å². The van der Waals surface area contributed by atoms with E-state index in [9.17, 15) is 9.59 Å². The van der Waals surface area contributed by atoms with E-state index in [1.807, 2.05) is 30.3 Å². The van der Waals surface area contributed by atoms with Crippen molar-refractivity contribution in [3.8, 4) is 0 Å². The summed E-state index contributed by atoms with van der Waals surface area (Å²) in [5.41, 5.74) is 0.951. The molecule has 0 aliphatic heterocycles. The van der Waals surface area contributed by atoms with Crippen LogP contribution in [0, 0.1) is 0 Å². The molecule has 4 nitrogen and oxygen atoms in total. The summed E-state index contributed by atoms with van der Waals surface area (Å²) in [4.78, 5) is 22.7. The Morgan fingerprint density at radius 1 is 1.41 bits per heavy atom. The predicted molar refractivity (Wildman–Crippen MR) is 64.3 cm³/mol. The number of esters is 1. The molecule has 0 spiro atoms. The van der Waals surface area contributed by atoms with Gasteiger partial charge < -0.3 is 10.1 Å². The van der Waals surface area contributed by atoms with Crippen molar-refractivity contribution in [2.75, 3.05) is 7.11 Å². The molecule has 0 unspecified atom stereocenters. The molecule has 1 aromatic carbocycles. The lowest BCUT2D eigenvalue weighted by Crippen LogP contribution is -2.42. The zero-order chi connectivity index (χ0) is 12.7. The molecular weight excluding hydrogens is 218 g/mol. The summed E-state index contributed by atoms with van der Waals surface area (Å²) in [5, 5.41) is 2.53. The molecule has 90 valence electrons. The molecule has 1 amide bonds. The minimum Gasteiger partial charge on any atom is -0.467 e. The topological polar surface area (TPSA) is 55.4 Å². The van der Waals surface area contributed by atoms with E-state index in [4.69, 9.17) is 0 Å². The number of amides is 1. The van der Waals surface area contributed by atoms with Crippen molar-refractivity contribution in [1.29, 1.82) is 0 Å². The first-order valence-electron chi connectivity index (χ1n) is 5.22. The molecule has 0 aliphatic carbocycles. The van der Waals surface area contributed by atoms with Crippen molar-refractivity contribution in [3.05, 3.63) is 48.6 Å². The third-order valence-electron chi connectivity index (χ3n) is 2.27. The third-order valence-corrected chi connectivity index (χ3v) is 2.27. The lowest BCUT2D eigenvalue weighted by atomic mass is 10.1. The van der Waals surface area contributed by atoms with Crippen LogP contribution in [0.15, 0.2) is 43.0 Å². The van der Waals surface area contributed by atoms with Gasteiger partial charge in [-0.1, -0.05) is 36.9 Å². The summed E-state index contributed by atoms with van der Waals surface area (Å²) in [6, 6.07) is 8.72. The Hall–Kier alpha value is -2.10. The van der Waals surface area contributed by atoms with Gasteiger partial charge in [-0.05, 0) is 11.6 Å². The Kier molecular flexibility index (Phi) is 4.94. The molecular formula is C13H15NO3. The number of hydrogen-bond acceptors (Lipinski definition) is 3. The van der Waals surface area contributed by atoms with Crippen LogP contribution >= 0.6 is 0 Å². The monoisotopic (exact) mass is 233 g/mol. The van der Waals surface area contributed by atoms with Gasteiger partial charge in [0.2, 0.25) is 5.91 Å². The summed E-state index contributed by atoms with van der Waals surface area (Å²) in [6.07, 6.45) is 1.52. The van der Waals surface area contributed by atoms with Gasteiger partial charge in [-0.25, -0.2) is 4.79 Å². The van der Waals surface area contributed by atoms with E-state index in [0.29, 0.717) is 6.42 Å². The summed E-state index contributed by atoms with van der Waals surface area (Å²) >= 11 is 0. The Balaban J connectivity index is 2.73. The van der Waals surface area contributed by atoms with Crippen molar-refractivity contribution in [3.63, 3.8) is 0 Å². The molecule has 0 heterocycles. The highest BCUT2D eigenvalue weighted by atomic mass is 16.5. The van der Waals surface area contributed by atoms with Crippen molar-refractivity contribution < 1.29 is 14.3 Å². The number of hydrogen-bond donors (Lipinski definition) is 1. The lowest BCUT2D eigenvalue weighted by molar-refractivity contribution is -0.144. The van der Waals surface area contributed by atoms with Crippen molar-refractivity contribution in [2.24, 2.45) is 0 Å². The highest BCUT2D eigenvalue weighted by Gasteiger charge is 2.20. The minimum atomic E-state index is -0.687. The van der Waals surface area contributed by atoms with E-state index in [-0.39, 0.29) is 0 Å². The molecule has 1 aromatic rings. The maximum atomic E-state index is 11.5. The number of carbonyl (C=O) groups is 2. The van der Waals surface area contributed by atoms with Crippen molar-refractivity contribution >= 4 is 11.9 Å². The number of benzene rings is 1. The van der Waals surface area contributed by atoms with Crippen LogP contribution in [0.25, 0.3) is 0 Å². The molecule has 0 fully saturated rings. The molecule has 1 rings (SSSR count). The molecule has 0 aliphatic rings. The van der Waals surface area contributed by atoms with Crippen LogP contribution in [0.3, 0.4) is 0 Å². The summed E-state index contributed by atoms with van der Waals surface area (Å²) in [6.45, 7) is 3.34. The third kappa shape index (κ3) is 4.10. The molecule has 1 atom stereocenters. The van der Waals surface area contributed by atoms with Gasteiger partial charge in [0.05, 0.1) is 7.11 Å². The van der Waals surface area contributed by atoms with Crippen molar-refractivity contribution in [1.82, 2.24) is 5.32 Å². The van der Waals surface area contributed by atoms with Gasteiger partial charge in [0, 0.05) is 6.42 Å². The van der Waals surface area contributed by atoms with Crippen LogP contribution in [-0.4, -0.2) is 25.0 Å². The quantitative estimate of drug-likeness (QED) is 0.611. The average molecular weight is 233 g/mol. The summed E-state index contributed by atoms with van der Waals surface area (Å²) in [7, 11) is 1.29. The molecule has 0 aromatic heterocycles. The van der Waals surface area contributed by atoms with Gasteiger partial charge in [0.15, 0.2) is 0 Å². The number of rotatable bonds is 5. The Morgan fingerprint density at radius 3 is 2.59 bits per heavy atom. The van der Waals surface area contributed by atoms with E-state index in [2.05, 4.69) is 16.6 Å². The van der Waals surface area contributed by atoms with E-state index in [0.717, 1.165) is 11.6 Å². The van der Waals surface area contributed by atoms with E-state index in [1.54, 1.807) is 0 Å². The van der Waals surface area contributed by atoms with Crippen LogP contribution in [0.2, 0.25) is 0 Å². The number of ether oxygens (including phenoxy) is 1. The first-order chi connectivity index (χ1) is 8.17. The maximum Gasteiger partial charge on any atom is 0.328 e. The zero-order valence-corrected chi connectivity index (χ0v) is 9.68. The number of nitrogens with one attached hydrogen (secondary N) is 1. The molecule has 4 heteroatoms. The van der Waals surface area contributed by atoms with E-state index >= 15 is 0 Å². The van der Waals surface area contributed by atoms with Crippen LogP contribution in [0.1, 0.15) is 5.56 Å². The fourth-order valence-electron chi connectivity index (χ4n) is 1.42. The molecule has 0 bridgehead atoms. The normalized spacial score (nSPS) is 11.4. The molecule has 0 saturated carbocycles. The minimum absolute atomic E-state index is 0.392. The van der Waals surface area contributed by atoms with Gasteiger partial charge in [0.25, 0.3) is 0 Å². The van der Waals surface area contributed by atoms with Gasteiger partial charge in [-0.15, -0.1) is 0 Å². The molecule has 1 N–H and O–H groups in total. The van der Waals surface area contributed by atoms with E-state index in [1.165, 1.54) is 7.11 Å². The first kappa shape index (κ1) is 13.0. The summed E-state index contributed by atoms with van der Waals surface area (Å²) < 4.78 is 4.64. The number of methoxy groups -OCH3 is 1. The molecule has 0 radical (unpaired) electrons. The smallest absolute Gasteiger partial charge is 0.328 e. The highest BCUT2D eigenvalue weighted by molar-refractivity contribution is 5.91. The molecule has 17 heavy (non-hydrogen) atoms. The fraction of sp³-hybridized carbons (Fsp3) is 0.231. The van der Waals surface area contributed by atoms with Crippen molar-refractivity contribution in [2.45, 2.75) is 12.5 Å². The van der Waals surface area contributed by atoms with Gasteiger partial charge in [-0.2, -0.15) is 0 Å². The Labute approximate surface area is 100 Å². The Bertz CT molecular complexity index is 400. The van der Waals surface area contributed by atoms with Gasteiger partial charge in [0.1, 0.15) is 6.04 Å². The number of carbonyl (C=O) groups excluding carboxylic acids is 2. The predicted octanol–water partition coefficient (Wildman–Crippen LogP) is 1.07. The average Bonchev–Trinajstić information content (AvgIpc) is 2.38. The van der Waals surface area contributed by atoms with Crippen LogP contribution < -0.4 is 5.32 Å². The highest BCUT2D eigenvalue weighted by Crippen LogP contribution is 2.04. The second-order valence-corrected chi connectivity index (χ2v) is 3.48. The summed E-state index contributed by atoms with van der Waals surface area (Å²) in [5.74, 6) is -0.861. The standard InChI is InChI=1S/C13H15NO3/c1-3-12(15)14-11(13(16)17-2)9-10-7-5-4-6-8-10/h3-8,11H,1,9H2,2H3,(H,14,15)/t11-/m1/s1. The van der Waals surface area contributed by atoms with Crippen LogP contribution in [0.4, 0.5) is 0 Å². The second kappa shape index (κ2) is 6.48. The van der Waals surface area contributed by atoms with Gasteiger partial charge in [-0.3, -0.25) is 4.79 Å². The first-order valence-corrected chi connectivity index (χ1v) is 5.22. The molecule has 0 saturated heterocycles. The van der Waals surface area contributed by atoms with E-state index < -0.39 is 17.9 Å². The lowest BCUT2D eigenvalue weighted by Gasteiger charge is -2.15. The largest absolute Gasteiger partial charge is 0.467 e. The second-order valence-electron chi connectivity index (χ2n) is 3.48. The SMILES string of the molecule is C=CC(=O)N[C@H](Cc1ccccc1)C(=O)OC. The zero-order valence-electron chi connectivity index (χ0n) is 9.68. The van der Waals surface area contributed by atoms with Crippen LogP contribution in [0.5, 0.6) is 0 Å².